The normalized spacial score (nSPS) is 13.3. The zero-order valence-corrected chi connectivity index (χ0v) is 14.6. The molecule has 6 heteroatoms. The summed E-state index contributed by atoms with van der Waals surface area (Å²) in [5, 5.41) is 2.93. The second kappa shape index (κ2) is 12.8. The number of carbonyl (C=O) groups excluding carboxylic acids is 2. The van der Waals surface area contributed by atoms with E-state index in [-0.39, 0.29) is 11.8 Å². The molecule has 6 nitrogen and oxygen atoms in total. The zero-order valence-electron chi connectivity index (χ0n) is 14.6. The molecular formula is C17H32N4O2. The average molecular weight is 324 g/mol. The van der Waals surface area contributed by atoms with Crippen molar-refractivity contribution in [3.63, 3.8) is 0 Å². The van der Waals surface area contributed by atoms with Gasteiger partial charge in [-0.25, -0.2) is 0 Å². The molecule has 0 unspecified atom stereocenters. The van der Waals surface area contributed by atoms with Gasteiger partial charge in [-0.15, -0.1) is 0 Å². The Kier molecular flexibility index (Phi) is 11.9. The van der Waals surface area contributed by atoms with Crippen LogP contribution in [0.5, 0.6) is 0 Å². The maximum Gasteiger partial charge on any atom is 0.250 e. The molecule has 1 heterocycles. The van der Waals surface area contributed by atoms with Crippen molar-refractivity contribution in [2.24, 2.45) is 5.73 Å². The van der Waals surface area contributed by atoms with Gasteiger partial charge in [0.05, 0.1) is 0 Å². The van der Waals surface area contributed by atoms with E-state index >= 15 is 0 Å². The summed E-state index contributed by atoms with van der Waals surface area (Å²) in [5.74, 6) is 0.250. The van der Waals surface area contributed by atoms with E-state index in [2.05, 4.69) is 25.4 Å². The van der Waals surface area contributed by atoms with E-state index in [1.807, 2.05) is 11.9 Å². The van der Waals surface area contributed by atoms with Gasteiger partial charge in [-0.3, -0.25) is 9.59 Å². The van der Waals surface area contributed by atoms with Crippen molar-refractivity contribution < 1.29 is 9.59 Å². The standard InChI is InChI=1S/C11H23N3O.C6H9NO/c1-4-7-14(8-5-6-12)11(15)10(2)9-13-3;1-2-7-5-3-4-6(7)8/h13H,2,4-9,12H2,1,3H3;2H,1,3-5H2. The van der Waals surface area contributed by atoms with Gasteiger partial charge in [0.25, 0.3) is 0 Å². The predicted octanol–water partition coefficient (Wildman–Crippen LogP) is 1.10. The van der Waals surface area contributed by atoms with Crippen LogP contribution in [0, 0.1) is 0 Å². The van der Waals surface area contributed by atoms with Crippen LogP contribution in [0.4, 0.5) is 0 Å². The highest BCUT2D eigenvalue weighted by Gasteiger charge is 2.16. The van der Waals surface area contributed by atoms with E-state index in [1.165, 1.54) is 0 Å². The van der Waals surface area contributed by atoms with Crippen LogP contribution in [-0.4, -0.2) is 61.4 Å². The molecule has 2 amide bonds. The van der Waals surface area contributed by atoms with Gasteiger partial charge in [0.15, 0.2) is 0 Å². The average Bonchev–Trinajstić information content (AvgIpc) is 2.96. The third-order valence-corrected chi connectivity index (χ3v) is 3.44. The maximum atomic E-state index is 11.9. The van der Waals surface area contributed by atoms with Crippen molar-refractivity contribution in [3.8, 4) is 0 Å². The van der Waals surface area contributed by atoms with Gasteiger partial charge in [0.1, 0.15) is 0 Å². The predicted molar refractivity (Wildman–Crippen MR) is 94.8 cm³/mol. The molecule has 132 valence electrons. The van der Waals surface area contributed by atoms with Crippen LogP contribution in [-0.2, 0) is 9.59 Å². The summed E-state index contributed by atoms with van der Waals surface area (Å²) >= 11 is 0. The first kappa shape index (κ1) is 21.3. The van der Waals surface area contributed by atoms with Gasteiger partial charge in [0.2, 0.25) is 11.8 Å². The van der Waals surface area contributed by atoms with Gasteiger partial charge in [-0.2, -0.15) is 0 Å². The molecule has 3 N–H and O–H groups in total. The summed E-state index contributed by atoms with van der Waals surface area (Å²) in [6, 6.07) is 0. The summed E-state index contributed by atoms with van der Waals surface area (Å²) in [5.41, 5.74) is 6.05. The minimum absolute atomic E-state index is 0.0413. The Morgan fingerprint density at radius 1 is 1.48 bits per heavy atom. The van der Waals surface area contributed by atoms with Crippen molar-refractivity contribution >= 4 is 11.8 Å². The molecule has 0 aromatic heterocycles. The summed E-state index contributed by atoms with van der Waals surface area (Å²) in [4.78, 5) is 26.0. The summed E-state index contributed by atoms with van der Waals surface area (Å²) in [7, 11) is 1.81. The number of hydrogen-bond acceptors (Lipinski definition) is 4. The lowest BCUT2D eigenvalue weighted by molar-refractivity contribution is -0.127. The fraction of sp³-hybridized carbons (Fsp3) is 0.647. The van der Waals surface area contributed by atoms with E-state index in [0.29, 0.717) is 25.1 Å². The first-order valence-electron chi connectivity index (χ1n) is 8.25. The van der Waals surface area contributed by atoms with Crippen LogP contribution in [0.25, 0.3) is 0 Å². The topological polar surface area (TPSA) is 78.7 Å². The number of nitrogens with one attached hydrogen (secondary N) is 1. The number of nitrogens with two attached hydrogens (primary N) is 1. The van der Waals surface area contributed by atoms with Crippen molar-refractivity contribution in [1.29, 1.82) is 0 Å². The Bertz CT molecular complexity index is 396. The summed E-state index contributed by atoms with van der Waals surface area (Å²) in [6.45, 7) is 12.9. The van der Waals surface area contributed by atoms with Crippen molar-refractivity contribution in [2.45, 2.75) is 32.6 Å². The number of rotatable bonds is 9. The number of nitrogens with zero attached hydrogens (tertiary/aromatic N) is 2. The molecule has 1 aliphatic rings. The molecule has 1 rings (SSSR count). The van der Waals surface area contributed by atoms with E-state index in [9.17, 15) is 9.59 Å². The van der Waals surface area contributed by atoms with E-state index < -0.39 is 0 Å². The Morgan fingerprint density at radius 2 is 2.17 bits per heavy atom. The molecule has 0 saturated carbocycles. The Morgan fingerprint density at radius 3 is 2.57 bits per heavy atom. The second-order valence-electron chi connectivity index (χ2n) is 5.44. The number of likely N-dealkylation sites (tertiary alicyclic amines) is 1. The largest absolute Gasteiger partial charge is 0.339 e. The Balaban J connectivity index is 0.000000502. The molecule has 0 spiro atoms. The van der Waals surface area contributed by atoms with Crippen LogP contribution >= 0.6 is 0 Å². The zero-order chi connectivity index (χ0) is 17.7. The molecule has 0 aromatic rings. The van der Waals surface area contributed by atoms with Crippen molar-refractivity contribution in [2.75, 3.05) is 39.8 Å². The third-order valence-electron chi connectivity index (χ3n) is 3.44. The molecule has 23 heavy (non-hydrogen) atoms. The fourth-order valence-electron chi connectivity index (χ4n) is 2.24. The SMILES string of the molecule is C=C(CNC)C(=O)N(CCC)CCCN.C=CN1CCCC1=O. The smallest absolute Gasteiger partial charge is 0.250 e. The van der Waals surface area contributed by atoms with Crippen LogP contribution in [0.1, 0.15) is 32.6 Å². The number of hydrogen-bond donors (Lipinski definition) is 2. The molecule has 1 aliphatic heterocycles. The number of carbonyl (C=O) groups is 2. The van der Waals surface area contributed by atoms with Gasteiger partial charge < -0.3 is 20.9 Å². The first-order valence-corrected chi connectivity index (χ1v) is 8.25. The van der Waals surface area contributed by atoms with E-state index in [0.717, 1.165) is 38.9 Å². The minimum atomic E-state index is 0.0413. The van der Waals surface area contributed by atoms with Crippen LogP contribution < -0.4 is 11.1 Å². The van der Waals surface area contributed by atoms with Crippen LogP contribution in [0.3, 0.4) is 0 Å². The number of amides is 2. The van der Waals surface area contributed by atoms with Crippen LogP contribution in [0.2, 0.25) is 0 Å². The lowest BCUT2D eigenvalue weighted by Gasteiger charge is -2.22. The van der Waals surface area contributed by atoms with Gasteiger partial charge in [-0.1, -0.05) is 20.1 Å². The highest BCUT2D eigenvalue weighted by molar-refractivity contribution is 5.93. The molecular weight excluding hydrogens is 292 g/mol. The van der Waals surface area contributed by atoms with Gasteiger partial charge in [-0.05, 0) is 39.1 Å². The molecule has 0 bridgehead atoms. The van der Waals surface area contributed by atoms with Crippen LogP contribution in [0.15, 0.2) is 24.9 Å². The number of likely N-dealkylation sites (N-methyl/N-ethyl adjacent to an activating group) is 1. The van der Waals surface area contributed by atoms with Gasteiger partial charge >= 0.3 is 0 Å². The molecule has 0 aliphatic carbocycles. The first-order chi connectivity index (χ1) is 11.0. The highest BCUT2D eigenvalue weighted by Crippen LogP contribution is 2.08. The molecule has 0 aromatic carbocycles. The lowest BCUT2D eigenvalue weighted by atomic mass is 10.2. The molecule has 0 atom stereocenters. The maximum absolute atomic E-state index is 11.9. The van der Waals surface area contributed by atoms with E-state index in [1.54, 1.807) is 11.1 Å². The quantitative estimate of drug-likeness (QED) is 0.623. The monoisotopic (exact) mass is 324 g/mol. The fourth-order valence-corrected chi connectivity index (χ4v) is 2.24. The van der Waals surface area contributed by atoms with Crippen molar-refractivity contribution in [3.05, 3.63) is 24.9 Å². The summed E-state index contributed by atoms with van der Waals surface area (Å²) in [6.07, 6.45) is 5.09. The Hall–Kier alpha value is -1.66. The second-order valence-corrected chi connectivity index (χ2v) is 5.44. The summed E-state index contributed by atoms with van der Waals surface area (Å²) < 4.78 is 0. The minimum Gasteiger partial charge on any atom is -0.339 e. The molecule has 1 fully saturated rings. The third kappa shape index (κ3) is 8.52. The Labute approximate surface area is 140 Å². The highest BCUT2D eigenvalue weighted by atomic mass is 16.2. The van der Waals surface area contributed by atoms with Crippen molar-refractivity contribution in [1.82, 2.24) is 15.1 Å². The molecule has 0 radical (unpaired) electrons. The van der Waals surface area contributed by atoms with E-state index in [4.69, 9.17) is 5.73 Å². The lowest BCUT2D eigenvalue weighted by Crippen LogP contribution is -2.36. The molecule has 1 saturated heterocycles. The van der Waals surface area contributed by atoms with Gasteiger partial charge in [0, 0.05) is 38.2 Å².